The molecule has 19 heavy (non-hydrogen) atoms. The van der Waals surface area contributed by atoms with Crippen LogP contribution in [0.3, 0.4) is 0 Å². The number of hydrogen-bond donors (Lipinski definition) is 0. The summed E-state index contributed by atoms with van der Waals surface area (Å²) in [4.78, 5) is 20.3. The molecule has 3 rings (SSSR count). The van der Waals surface area contributed by atoms with Crippen molar-refractivity contribution in [3.63, 3.8) is 0 Å². The van der Waals surface area contributed by atoms with Crippen LogP contribution in [0, 0.1) is 0 Å². The Morgan fingerprint density at radius 2 is 2.11 bits per heavy atom. The molecule has 0 atom stereocenters. The Labute approximate surface area is 113 Å². The molecule has 94 valence electrons. The quantitative estimate of drug-likeness (QED) is 0.671. The fraction of sp³-hybridized carbons (Fsp3) is 0.0714. The first kappa shape index (κ1) is 11.8. The minimum absolute atomic E-state index is 0.378. The van der Waals surface area contributed by atoms with Gasteiger partial charge < -0.3 is 4.74 Å². The van der Waals surface area contributed by atoms with E-state index < -0.39 is 0 Å². The van der Waals surface area contributed by atoms with Crippen LogP contribution in [0.2, 0.25) is 0 Å². The maximum Gasteiger partial charge on any atom is 0.338 e. The number of carbonyl (C=O) groups excluding carboxylic acids is 1. The van der Waals surface area contributed by atoms with E-state index in [1.54, 1.807) is 18.5 Å². The van der Waals surface area contributed by atoms with Gasteiger partial charge in [0.1, 0.15) is 5.01 Å². The number of ether oxygens (including phenoxy) is 1. The molecule has 1 aromatic carbocycles. The van der Waals surface area contributed by atoms with Crippen LogP contribution in [0.4, 0.5) is 0 Å². The zero-order valence-corrected chi connectivity index (χ0v) is 11.0. The molecule has 0 saturated heterocycles. The third kappa shape index (κ3) is 2.08. The number of para-hydroxylation sites is 1. The van der Waals surface area contributed by atoms with Gasteiger partial charge >= 0.3 is 5.97 Å². The summed E-state index contributed by atoms with van der Waals surface area (Å²) in [5, 5.41) is 0.773. The van der Waals surface area contributed by atoms with E-state index in [0.717, 1.165) is 15.2 Å². The van der Waals surface area contributed by atoms with E-state index in [-0.39, 0.29) is 5.97 Å². The maximum atomic E-state index is 11.7. The van der Waals surface area contributed by atoms with Gasteiger partial charge in [-0.25, -0.2) is 9.78 Å². The van der Waals surface area contributed by atoms with Gasteiger partial charge in [-0.15, -0.1) is 11.3 Å². The second-order valence-corrected chi connectivity index (χ2v) is 4.93. The van der Waals surface area contributed by atoms with Crippen LogP contribution >= 0.6 is 11.3 Å². The molecule has 0 spiro atoms. The lowest BCUT2D eigenvalue weighted by molar-refractivity contribution is 0.0601. The molecule has 0 bridgehead atoms. The van der Waals surface area contributed by atoms with Crippen LogP contribution in [0.25, 0.3) is 20.8 Å². The lowest BCUT2D eigenvalue weighted by Gasteiger charge is -2.03. The predicted molar refractivity (Wildman–Crippen MR) is 74.2 cm³/mol. The Kier molecular flexibility index (Phi) is 2.97. The molecule has 0 amide bonds. The van der Waals surface area contributed by atoms with Gasteiger partial charge in [0.05, 0.1) is 22.9 Å². The third-order valence-corrected chi connectivity index (χ3v) is 3.82. The van der Waals surface area contributed by atoms with Crippen LogP contribution in [-0.4, -0.2) is 23.0 Å². The van der Waals surface area contributed by atoms with Crippen LogP contribution in [0.15, 0.2) is 42.7 Å². The van der Waals surface area contributed by atoms with Crippen molar-refractivity contribution in [1.82, 2.24) is 9.97 Å². The van der Waals surface area contributed by atoms with Crippen molar-refractivity contribution < 1.29 is 9.53 Å². The van der Waals surface area contributed by atoms with E-state index in [1.165, 1.54) is 18.4 Å². The molecule has 0 saturated carbocycles. The summed E-state index contributed by atoms with van der Waals surface area (Å²) >= 11 is 1.53. The van der Waals surface area contributed by atoms with Gasteiger partial charge in [-0.05, 0) is 18.2 Å². The van der Waals surface area contributed by atoms with Crippen LogP contribution < -0.4 is 0 Å². The molecule has 0 radical (unpaired) electrons. The van der Waals surface area contributed by atoms with Crippen molar-refractivity contribution >= 4 is 27.5 Å². The lowest BCUT2D eigenvalue weighted by atomic mass is 10.1. The summed E-state index contributed by atoms with van der Waals surface area (Å²) in [7, 11) is 1.37. The van der Waals surface area contributed by atoms with E-state index in [0.29, 0.717) is 11.1 Å². The molecule has 3 aromatic rings. The number of rotatable bonds is 2. The van der Waals surface area contributed by atoms with E-state index in [9.17, 15) is 4.79 Å². The SMILES string of the molecule is COC(=O)c1ccncc1-c1nc2ccccc2s1. The van der Waals surface area contributed by atoms with Gasteiger partial charge in [-0.1, -0.05) is 12.1 Å². The highest BCUT2D eigenvalue weighted by atomic mass is 32.1. The van der Waals surface area contributed by atoms with Crippen molar-refractivity contribution in [2.45, 2.75) is 0 Å². The highest BCUT2D eigenvalue weighted by molar-refractivity contribution is 7.21. The summed E-state index contributed by atoms with van der Waals surface area (Å²) in [5.41, 5.74) is 2.11. The Morgan fingerprint density at radius 3 is 2.89 bits per heavy atom. The fourth-order valence-electron chi connectivity index (χ4n) is 1.84. The minimum atomic E-state index is -0.378. The molecule has 0 N–H and O–H groups in total. The van der Waals surface area contributed by atoms with Gasteiger partial charge in [0.15, 0.2) is 0 Å². The molecule has 2 heterocycles. The first-order valence-electron chi connectivity index (χ1n) is 5.68. The minimum Gasteiger partial charge on any atom is -0.465 e. The summed E-state index contributed by atoms with van der Waals surface area (Å²) < 4.78 is 5.86. The number of methoxy groups -OCH3 is 1. The number of thiazole rings is 1. The van der Waals surface area contributed by atoms with Crippen molar-refractivity contribution in [2.24, 2.45) is 0 Å². The van der Waals surface area contributed by atoms with Crippen LogP contribution in [0.5, 0.6) is 0 Å². The molecule has 2 aromatic heterocycles. The summed E-state index contributed by atoms with van der Waals surface area (Å²) in [6, 6.07) is 9.51. The number of nitrogens with zero attached hydrogens (tertiary/aromatic N) is 2. The number of benzene rings is 1. The Hall–Kier alpha value is -2.27. The largest absolute Gasteiger partial charge is 0.465 e. The van der Waals surface area contributed by atoms with Gasteiger partial charge in [0.2, 0.25) is 0 Å². The Balaban J connectivity index is 2.18. The zero-order valence-electron chi connectivity index (χ0n) is 10.2. The zero-order chi connectivity index (χ0) is 13.2. The van der Waals surface area contributed by atoms with E-state index in [2.05, 4.69) is 9.97 Å². The topological polar surface area (TPSA) is 52.1 Å². The van der Waals surface area contributed by atoms with Crippen LogP contribution in [-0.2, 0) is 4.74 Å². The third-order valence-electron chi connectivity index (χ3n) is 2.75. The smallest absolute Gasteiger partial charge is 0.338 e. The van der Waals surface area contributed by atoms with Crippen molar-refractivity contribution in [3.8, 4) is 10.6 Å². The van der Waals surface area contributed by atoms with Gasteiger partial charge in [0, 0.05) is 18.0 Å². The van der Waals surface area contributed by atoms with Crippen LogP contribution in [0.1, 0.15) is 10.4 Å². The summed E-state index contributed by atoms with van der Waals surface area (Å²) in [6.45, 7) is 0. The molecular formula is C14H10N2O2S. The normalized spacial score (nSPS) is 10.6. The molecule has 0 aliphatic rings. The number of carbonyl (C=O) groups is 1. The number of esters is 1. The lowest BCUT2D eigenvalue weighted by Crippen LogP contribution is -2.03. The number of aromatic nitrogens is 2. The van der Waals surface area contributed by atoms with E-state index in [1.807, 2.05) is 24.3 Å². The average molecular weight is 270 g/mol. The molecule has 0 aliphatic carbocycles. The second kappa shape index (κ2) is 4.78. The Bertz CT molecular complexity index is 719. The number of fused-ring (bicyclic) bond motifs is 1. The first-order valence-corrected chi connectivity index (χ1v) is 6.49. The standard InChI is InChI=1S/C14H10N2O2S/c1-18-14(17)9-6-7-15-8-10(9)13-16-11-4-2-3-5-12(11)19-13/h2-8H,1H3. The van der Waals surface area contributed by atoms with Gasteiger partial charge in [-0.3, -0.25) is 4.98 Å². The number of pyridine rings is 1. The van der Waals surface area contributed by atoms with E-state index in [4.69, 9.17) is 4.74 Å². The molecule has 0 aliphatic heterocycles. The molecular weight excluding hydrogens is 260 g/mol. The molecule has 0 fully saturated rings. The van der Waals surface area contributed by atoms with Gasteiger partial charge in [0.25, 0.3) is 0 Å². The van der Waals surface area contributed by atoms with Crippen molar-refractivity contribution in [2.75, 3.05) is 7.11 Å². The molecule has 4 nitrogen and oxygen atoms in total. The van der Waals surface area contributed by atoms with Crippen molar-refractivity contribution in [1.29, 1.82) is 0 Å². The monoisotopic (exact) mass is 270 g/mol. The van der Waals surface area contributed by atoms with Gasteiger partial charge in [-0.2, -0.15) is 0 Å². The molecule has 0 unspecified atom stereocenters. The molecule has 5 heteroatoms. The van der Waals surface area contributed by atoms with Crippen molar-refractivity contribution in [3.05, 3.63) is 48.3 Å². The summed E-state index contributed by atoms with van der Waals surface area (Å²) in [6.07, 6.45) is 3.22. The first-order chi connectivity index (χ1) is 9.29. The fourth-order valence-corrected chi connectivity index (χ4v) is 2.83. The summed E-state index contributed by atoms with van der Waals surface area (Å²) in [5.74, 6) is -0.378. The predicted octanol–water partition coefficient (Wildman–Crippen LogP) is 3.14. The number of hydrogen-bond acceptors (Lipinski definition) is 5. The maximum absolute atomic E-state index is 11.7. The average Bonchev–Trinajstić information content (AvgIpc) is 2.90. The Morgan fingerprint density at radius 1 is 1.26 bits per heavy atom. The highest BCUT2D eigenvalue weighted by Gasteiger charge is 2.16. The van der Waals surface area contributed by atoms with E-state index >= 15 is 0 Å². The highest BCUT2D eigenvalue weighted by Crippen LogP contribution is 2.31. The second-order valence-electron chi connectivity index (χ2n) is 3.90.